The van der Waals surface area contributed by atoms with Crippen LogP contribution in [0.15, 0.2) is 42.5 Å². The van der Waals surface area contributed by atoms with E-state index in [1.54, 1.807) is 27.9 Å². The molecule has 1 saturated heterocycles. The van der Waals surface area contributed by atoms with E-state index in [1.807, 2.05) is 24.3 Å². The van der Waals surface area contributed by atoms with Gasteiger partial charge in [-0.15, -0.1) is 5.10 Å². The molecule has 1 fully saturated rings. The van der Waals surface area contributed by atoms with Crippen molar-refractivity contribution in [2.45, 2.75) is 12.8 Å². The first-order valence-corrected chi connectivity index (χ1v) is 13.0. The van der Waals surface area contributed by atoms with Gasteiger partial charge in [-0.25, -0.2) is 18.1 Å². The van der Waals surface area contributed by atoms with E-state index in [9.17, 15) is 8.42 Å². The molecule has 0 saturated carbocycles. The van der Waals surface area contributed by atoms with Crippen LogP contribution in [0.2, 0.25) is 10.0 Å². The summed E-state index contributed by atoms with van der Waals surface area (Å²) in [6.45, 7) is 0.681. The predicted molar refractivity (Wildman–Crippen MR) is 132 cm³/mol. The fourth-order valence-corrected chi connectivity index (χ4v) is 5.01. The number of hydrazine groups is 1. The van der Waals surface area contributed by atoms with Gasteiger partial charge >= 0.3 is 0 Å². The third-order valence-electron chi connectivity index (χ3n) is 5.09. The average molecular weight is 515 g/mol. The van der Waals surface area contributed by atoms with Gasteiger partial charge in [0, 0.05) is 42.1 Å². The van der Waals surface area contributed by atoms with Crippen molar-refractivity contribution in [3.63, 3.8) is 0 Å². The van der Waals surface area contributed by atoms with Crippen LogP contribution in [0.25, 0.3) is 17.1 Å². The molecule has 174 valence electrons. The van der Waals surface area contributed by atoms with Gasteiger partial charge in [0.05, 0.1) is 28.3 Å². The van der Waals surface area contributed by atoms with Crippen molar-refractivity contribution in [3.8, 4) is 35.0 Å². The Hall–Kier alpha value is -3.08. The lowest BCUT2D eigenvalue weighted by molar-refractivity contribution is 0.351. The summed E-state index contributed by atoms with van der Waals surface area (Å²) in [5, 5.41) is 15.9. The van der Waals surface area contributed by atoms with Crippen LogP contribution in [-0.4, -0.2) is 52.8 Å². The van der Waals surface area contributed by atoms with Crippen LogP contribution in [0.3, 0.4) is 0 Å². The Balaban J connectivity index is 1.66. The van der Waals surface area contributed by atoms with Crippen LogP contribution in [-0.2, 0) is 9.84 Å². The summed E-state index contributed by atoms with van der Waals surface area (Å²) in [6, 6.07) is 14.7. The highest BCUT2D eigenvalue weighted by Crippen LogP contribution is 2.29. The molecular weight excluding hydrogens is 495 g/mol. The Bertz CT molecular complexity index is 1390. The van der Waals surface area contributed by atoms with Crippen molar-refractivity contribution in [1.29, 1.82) is 5.26 Å². The number of sulfone groups is 1. The number of rotatable bonds is 5. The van der Waals surface area contributed by atoms with E-state index in [-0.39, 0.29) is 11.5 Å². The van der Waals surface area contributed by atoms with Gasteiger partial charge in [0.1, 0.15) is 0 Å². The zero-order chi connectivity index (χ0) is 24.1. The Morgan fingerprint density at radius 3 is 2.47 bits per heavy atom. The van der Waals surface area contributed by atoms with Crippen molar-refractivity contribution in [3.05, 3.63) is 58.1 Å². The topological polar surface area (TPSA) is 104 Å². The maximum Gasteiger partial charge on any atom is 0.257 e. The van der Waals surface area contributed by atoms with E-state index >= 15 is 0 Å². The summed E-state index contributed by atoms with van der Waals surface area (Å²) in [7, 11) is -3.01. The fraction of sp³-hybridized carbons (Fsp3) is 0.261. The molecule has 0 spiro atoms. The van der Waals surface area contributed by atoms with Gasteiger partial charge < -0.3 is 0 Å². The Kier molecular flexibility index (Phi) is 7.40. The number of anilines is 1. The quantitative estimate of drug-likeness (QED) is 0.405. The smallest absolute Gasteiger partial charge is 0.257 e. The molecule has 1 N–H and O–H groups in total. The minimum atomic E-state index is -3.01. The minimum absolute atomic E-state index is 0.0768. The first-order chi connectivity index (χ1) is 16.3. The van der Waals surface area contributed by atoms with E-state index in [4.69, 9.17) is 28.5 Å². The summed E-state index contributed by atoms with van der Waals surface area (Å²) in [5.74, 6) is 7.03. The molecule has 34 heavy (non-hydrogen) atoms. The molecule has 0 radical (unpaired) electrons. The number of aromatic nitrogens is 3. The minimum Gasteiger partial charge on any atom is -0.286 e. The summed E-state index contributed by atoms with van der Waals surface area (Å²) in [6.07, 6.45) is 0.920. The van der Waals surface area contributed by atoms with Crippen molar-refractivity contribution >= 4 is 39.0 Å². The maximum atomic E-state index is 11.7. The van der Waals surface area contributed by atoms with Crippen LogP contribution < -0.4 is 5.43 Å². The standard InChI is InChI=1S/C23H20Cl2N6O2S/c24-19-9-10-21(20(25)16-19)31-22(18-7-5-17(6-8-18)4-2-1-3-11-26)27-23(29-31)28-30-12-14-34(32,33)15-13-30/h5-10,16H,1,3,12-15H2,(H,28,29). The lowest BCUT2D eigenvalue weighted by Gasteiger charge is -2.26. The van der Waals surface area contributed by atoms with Crippen molar-refractivity contribution in [1.82, 2.24) is 19.8 Å². The van der Waals surface area contributed by atoms with E-state index < -0.39 is 9.84 Å². The maximum absolute atomic E-state index is 11.7. The normalized spacial score (nSPS) is 15.2. The first kappa shape index (κ1) is 24.1. The lowest BCUT2D eigenvalue weighted by atomic mass is 10.1. The molecule has 2 heterocycles. The molecule has 0 atom stereocenters. The van der Waals surface area contributed by atoms with Crippen molar-refractivity contribution in [2.24, 2.45) is 0 Å². The second-order valence-corrected chi connectivity index (χ2v) is 10.7. The fourth-order valence-electron chi connectivity index (χ4n) is 3.32. The van der Waals surface area contributed by atoms with Crippen LogP contribution in [0, 0.1) is 23.2 Å². The highest BCUT2D eigenvalue weighted by Gasteiger charge is 2.23. The van der Waals surface area contributed by atoms with E-state index in [0.717, 1.165) is 11.1 Å². The monoisotopic (exact) mass is 514 g/mol. The number of benzene rings is 2. The Labute approximate surface area is 208 Å². The molecular formula is C23H20Cl2N6O2S. The SMILES string of the molecule is N#CCCC#Cc1ccc(-c2nc(NN3CCS(=O)(=O)CC3)nn2-c2ccc(Cl)cc2Cl)cc1. The number of nitriles is 1. The summed E-state index contributed by atoms with van der Waals surface area (Å²) >= 11 is 12.5. The van der Waals surface area contributed by atoms with E-state index in [0.29, 0.717) is 53.4 Å². The highest BCUT2D eigenvalue weighted by molar-refractivity contribution is 7.91. The molecule has 2 aromatic carbocycles. The molecule has 1 aliphatic rings. The molecule has 0 amide bonds. The number of hydrogen-bond acceptors (Lipinski definition) is 7. The number of halogens is 2. The second kappa shape index (κ2) is 10.5. The number of hydrogen-bond donors (Lipinski definition) is 1. The molecule has 0 bridgehead atoms. The summed E-state index contributed by atoms with van der Waals surface area (Å²) in [5.41, 5.74) is 5.32. The van der Waals surface area contributed by atoms with Crippen molar-refractivity contribution < 1.29 is 8.42 Å². The Morgan fingerprint density at radius 1 is 1.06 bits per heavy atom. The van der Waals surface area contributed by atoms with Crippen molar-refractivity contribution in [2.75, 3.05) is 30.0 Å². The van der Waals surface area contributed by atoms with E-state index in [1.165, 1.54) is 0 Å². The van der Waals surface area contributed by atoms with Gasteiger partial charge in [0.25, 0.3) is 5.95 Å². The van der Waals surface area contributed by atoms with Crippen LogP contribution in [0.1, 0.15) is 18.4 Å². The van der Waals surface area contributed by atoms with Crippen LogP contribution in [0.5, 0.6) is 0 Å². The zero-order valence-corrected chi connectivity index (χ0v) is 20.3. The molecule has 8 nitrogen and oxygen atoms in total. The largest absolute Gasteiger partial charge is 0.286 e. The molecule has 11 heteroatoms. The zero-order valence-electron chi connectivity index (χ0n) is 18.0. The van der Waals surface area contributed by atoms with Gasteiger partial charge in [-0.05, 0) is 42.5 Å². The van der Waals surface area contributed by atoms with Gasteiger partial charge in [-0.1, -0.05) is 35.0 Å². The predicted octanol–water partition coefficient (Wildman–Crippen LogP) is 3.95. The van der Waals surface area contributed by atoms with Gasteiger partial charge in [-0.2, -0.15) is 10.2 Å². The third kappa shape index (κ3) is 5.88. The van der Waals surface area contributed by atoms with Gasteiger partial charge in [-0.3, -0.25) is 5.43 Å². The number of nitrogens with zero attached hydrogens (tertiary/aromatic N) is 5. The third-order valence-corrected chi connectivity index (χ3v) is 7.23. The van der Waals surface area contributed by atoms with Crippen LogP contribution >= 0.6 is 23.2 Å². The molecule has 0 unspecified atom stereocenters. The van der Waals surface area contributed by atoms with E-state index in [2.05, 4.69) is 33.4 Å². The van der Waals surface area contributed by atoms with Gasteiger partial charge in [0.15, 0.2) is 15.7 Å². The first-order valence-electron chi connectivity index (χ1n) is 10.5. The number of nitrogens with one attached hydrogen (secondary N) is 1. The average Bonchev–Trinajstić information content (AvgIpc) is 3.22. The molecule has 4 rings (SSSR count). The molecule has 1 aliphatic heterocycles. The lowest BCUT2D eigenvalue weighted by Crippen LogP contribution is -2.43. The number of unbranched alkanes of at least 4 members (excludes halogenated alkanes) is 1. The van der Waals surface area contributed by atoms with Gasteiger partial charge in [0.2, 0.25) is 0 Å². The highest BCUT2D eigenvalue weighted by atomic mass is 35.5. The summed E-state index contributed by atoms with van der Waals surface area (Å²) in [4.78, 5) is 4.65. The van der Waals surface area contributed by atoms with Crippen LogP contribution in [0.4, 0.5) is 5.95 Å². The molecule has 3 aromatic rings. The second-order valence-electron chi connectivity index (χ2n) is 7.55. The Morgan fingerprint density at radius 2 is 1.79 bits per heavy atom. The molecule has 0 aliphatic carbocycles. The molecule has 1 aromatic heterocycles. The summed E-state index contributed by atoms with van der Waals surface area (Å²) < 4.78 is 25.1.